The summed E-state index contributed by atoms with van der Waals surface area (Å²) in [4.78, 5) is 4.63. The molecule has 0 aliphatic rings. The number of para-hydroxylation sites is 1. The molecule has 0 saturated carbocycles. The summed E-state index contributed by atoms with van der Waals surface area (Å²) in [6.45, 7) is 2.54. The second kappa shape index (κ2) is 5.13. The third-order valence-corrected chi connectivity index (χ3v) is 3.63. The average Bonchev–Trinajstić information content (AvgIpc) is 2.76. The number of aryl methyl sites for hydroxylation is 1. The molecule has 1 aromatic carbocycles. The summed E-state index contributed by atoms with van der Waals surface area (Å²) in [5.41, 5.74) is 2.91. The van der Waals surface area contributed by atoms with Crippen molar-refractivity contribution >= 4 is 28.3 Å². The molecule has 20 heavy (non-hydrogen) atoms. The summed E-state index contributed by atoms with van der Waals surface area (Å²) in [7, 11) is 1.88. The first-order valence-corrected chi connectivity index (χ1v) is 6.81. The Balaban J connectivity index is 2.05. The first kappa shape index (κ1) is 12.9. The molecule has 5 heteroatoms. The molecule has 3 rings (SSSR count). The maximum absolute atomic E-state index is 6.05. The molecule has 0 aliphatic heterocycles. The first-order valence-electron chi connectivity index (χ1n) is 6.43. The molecular formula is C15H15ClN4. The number of benzene rings is 1. The van der Waals surface area contributed by atoms with Crippen LogP contribution in [0.25, 0.3) is 10.9 Å². The van der Waals surface area contributed by atoms with Gasteiger partial charge in [0.05, 0.1) is 22.8 Å². The van der Waals surface area contributed by atoms with Crippen LogP contribution in [-0.4, -0.2) is 21.8 Å². The minimum absolute atomic E-state index is 0.640. The van der Waals surface area contributed by atoms with Gasteiger partial charge in [0.15, 0.2) is 0 Å². The van der Waals surface area contributed by atoms with Crippen molar-refractivity contribution < 1.29 is 0 Å². The van der Waals surface area contributed by atoms with E-state index < -0.39 is 0 Å². The van der Waals surface area contributed by atoms with E-state index in [-0.39, 0.29) is 0 Å². The van der Waals surface area contributed by atoms with Crippen LogP contribution < -0.4 is 5.32 Å². The standard InChI is InChI=1S/C15H15ClN4/c1-10-13(16)9-20(19-10)8-12-7-11-5-3-4-6-14(11)18-15(12)17-2/h3-7,9H,8H2,1-2H3,(H,17,18). The summed E-state index contributed by atoms with van der Waals surface area (Å²) < 4.78 is 1.84. The van der Waals surface area contributed by atoms with Gasteiger partial charge in [-0.3, -0.25) is 4.68 Å². The van der Waals surface area contributed by atoms with Gasteiger partial charge in [-0.25, -0.2) is 4.98 Å². The normalized spacial score (nSPS) is 10.9. The molecule has 2 aromatic heterocycles. The molecule has 0 spiro atoms. The number of halogens is 1. The van der Waals surface area contributed by atoms with E-state index in [1.165, 1.54) is 0 Å². The predicted octanol–water partition coefficient (Wildman–Crippen LogP) is 3.48. The van der Waals surface area contributed by atoms with E-state index in [0.29, 0.717) is 11.6 Å². The summed E-state index contributed by atoms with van der Waals surface area (Å²) >= 11 is 6.05. The van der Waals surface area contributed by atoms with Gasteiger partial charge in [0.2, 0.25) is 0 Å². The van der Waals surface area contributed by atoms with Gasteiger partial charge in [-0.2, -0.15) is 5.10 Å². The predicted molar refractivity (Wildman–Crippen MR) is 82.4 cm³/mol. The summed E-state index contributed by atoms with van der Waals surface area (Å²) in [5, 5.41) is 9.34. The topological polar surface area (TPSA) is 42.7 Å². The van der Waals surface area contributed by atoms with Crippen LogP contribution in [0.15, 0.2) is 36.5 Å². The van der Waals surface area contributed by atoms with E-state index in [9.17, 15) is 0 Å². The highest BCUT2D eigenvalue weighted by atomic mass is 35.5. The van der Waals surface area contributed by atoms with Gasteiger partial charge in [-0.05, 0) is 19.1 Å². The number of aromatic nitrogens is 3. The van der Waals surface area contributed by atoms with Crippen LogP contribution in [0.3, 0.4) is 0 Å². The Morgan fingerprint density at radius 3 is 2.80 bits per heavy atom. The summed E-state index contributed by atoms with van der Waals surface area (Å²) in [6, 6.07) is 10.2. The van der Waals surface area contributed by atoms with Crippen molar-refractivity contribution in [3.05, 3.63) is 52.8 Å². The Kier molecular flexibility index (Phi) is 3.32. The number of rotatable bonds is 3. The molecule has 0 saturated heterocycles. The Labute approximate surface area is 122 Å². The van der Waals surface area contributed by atoms with E-state index in [2.05, 4.69) is 27.5 Å². The third kappa shape index (κ3) is 2.34. The molecule has 2 heterocycles. The number of nitrogens with one attached hydrogen (secondary N) is 1. The highest BCUT2D eigenvalue weighted by molar-refractivity contribution is 6.31. The molecule has 0 fully saturated rings. The molecule has 0 amide bonds. The van der Waals surface area contributed by atoms with Crippen LogP contribution in [0, 0.1) is 6.92 Å². The first-order chi connectivity index (χ1) is 9.67. The van der Waals surface area contributed by atoms with Crippen molar-refractivity contribution in [1.29, 1.82) is 0 Å². The van der Waals surface area contributed by atoms with E-state index in [0.717, 1.165) is 28.0 Å². The minimum atomic E-state index is 0.640. The van der Waals surface area contributed by atoms with Crippen molar-refractivity contribution in [1.82, 2.24) is 14.8 Å². The Bertz CT molecular complexity index is 744. The quantitative estimate of drug-likeness (QED) is 0.801. The maximum atomic E-state index is 6.05. The molecular weight excluding hydrogens is 272 g/mol. The molecule has 4 nitrogen and oxygen atoms in total. The molecule has 0 unspecified atom stereocenters. The number of nitrogens with zero attached hydrogens (tertiary/aromatic N) is 3. The van der Waals surface area contributed by atoms with Crippen LogP contribution in [0.4, 0.5) is 5.82 Å². The van der Waals surface area contributed by atoms with E-state index in [4.69, 9.17) is 11.6 Å². The van der Waals surface area contributed by atoms with Crippen molar-refractivity contribution in [2.24, 2.45) is 0 Å². The zero-order valence-electron chi connectivity index (χ0n) is 11.4. The third-order valence-electron chi connectivity index (χ3n) is 3.26. The van der Waals surface area contributed by atoms with E-state index >= 15 is 0 Å². The lowest BCUT2D eigenvalue weighted by Crippen LogP contribution is -2.05. The van der Waals surface area contributed by atoms with Crippen LogP contribution >= 0.6 is 11.6 Å². The van der Waals surface area contributed by atoms with Gasteiger partial charge in [0.1, 0.15) is 5.82 Å². The molecule has 0 aliphatic carbocycles. The van der Waals surface area contributed by atoms with Crippen molar-refractivity contribution in [2.75, 3.05) is 12.4 Å². The lowest BCUT2D eigenvalue weighted by molar-refractivity contribution is 0.679. The number of hydrogen-bond donors (Lipinski definition) is 1. The van der Waals surface area contributed by atoms with Gasteiger partial charge in [0.25, 0.3) is 0 Å². The molecule has 0 atom stereocenters. The summed E-state index contributed by atoms with van der Waals surface area (Å²) in [6.07, 6.45) is 1.84. The lowest BCUT2D eigenvalue weighted by Gasteiger charge is -2.10. The zero-order valence-corrected chi connectivity index (χ0v) is 12.1. The second-order valence-electron chi connectivity index (χ2n) is 4.70. The summed E-state index contributed by atoms with van der Waals surface area (Å²) in [5.74, 6) is 0.868. The average molecular weight is 287 g/mol. The monoisotopic (exact) mass is 286 g/mol. The smallest absolute Gasteiger partial charge is 0.131 e. The van der Waals surface area contributed by atoms with Crippen molar-refractivity contribution in [2.45, 2.75) is 13.5 Å². The lowest BCUT2D eigenvalue weighted by atomic mass is 10.1. The van der Waals surface area contributed by atoms with Crippen LogP contribution in [0.5, 0.6) is 0 Å². The minimum Gasteiger partial charge on any atom is -0.373 e. The van der Waals surface area contributed by atoms with Gasteiger partial charge < -0.3 is 5.32 Å². The van der Waals surface area contributed by atoms with E-state index in [1.54, 1.807) is 0 Å². The largest absolute Gasteiger partial charge is 0.373 e. The molecule has 3 aromatic rings. The fourth-order valence-electron chi connectivity index (χ4n) is 2.25. The van der Waals surface area contributed by atoms with Gasteiger partial charge in [-0.15, -0.1) is 0 Å². The Morgan fingerprint density at radius 2 is 2.10 bits per heavy atom. The van der Waals surface area contributed by atoms with E-state index in [1.807, 2.05) is 43.0 Å². The number of anilines is 1. The number of pyridine rings is 1. The second-order valence-corrected chi connectivity index (χ2v) is 5.11. The molecule has 102 valence electrons. The van der Waals surface area contributed by atoms with Crippen LogP contribution in [-0.2, 0) is 6.54 Å². The fraction of sp³-hybridized carbons (Fsp3) is 0.200. The van der Waals surface area contributed by atoms with Crippen LogP contribution in [0.1, 0.15) is 11.3 Å². The van der Waals surface area contributed by atoms with Gasteiger partial charge in [0, 0.05) is 24.2 Å². The maximum Gasteiger partial charge on any atom is 0.131 e. The number of hydrogen-bond acceptors (Lipinski definition) is 3. The molecule has 0 bridgehead atoms. The molecule has 1 N–H and O–H groups in total. The SMILES string of the molecule is CNc1nc2ccccc2cc1Cn1cc(Cl)c(C)n1. The highest BCUT2D eigenvalue weighted by Crippen LogP contribution is 2.22. The van der Waals surface area contributed by atoms with Crippen molar-refractivity contribution in [3.63, 3.8) is 0 Å². The van der Waals surface area contributed by atoms with Gasteiger partial charge in [-0.1, -0.05) is 29.8 Å². The van der Waals surface area contributed by atoms with Crippen molar-refractivity contribution in [3.8, 4) is 0 Å². The zero-order chi connectivity index (χ0) is 14.1. The highest BCUT2D eigenvalue weighted by Gasteiger charge is 2.08. The number of fused-ring (bicyclic) bond motifs is 1. The Morgan fingerprint density at radius 1 is 1.30 bits per heavy atom. The molecule has 0 radical (unpaired) electrons. The van der Waals surface area contributed by atoms with Gasteiger partial charge >= 0.3 is 0 Å². The van der Waals surface area contributed by atoms with Crippen LogP contribution in [0.2, 0.25) is 5.02 Å². The Hall–Kier alpha value is -2.07. The fourth-order valence-corrected chi connectivity index (χ4v) is 2.40.